The summed E-state index contributed by atoms with van der Waals surface area (Å²) < 4.78 is 0. The molecule has 0 radical (unpaired) electrons. The van der Waals surface area contributed by atoms with Gasteiger partial charge in [-0.25, -0.2) is 0 Å². The summed E-state index contributed by atoms with van der Waals surface area (Å²) >= 11 is 0. The summed E-state index contributed by atoms with van der Waals surface area (Å²) in [5, 5.41) is 3.47. The molecule has 1 saturated heterocycles. The number of nitrogens with one attached hydrogen (secondary N) is 1. The largest absolute Gasteiger partial charge is 0.310 e. The maximum absolute atomic E-state index is 5.64. The summed E-state index contributed by atoms with van der Waals surface area (Å²) in [5.41, 5.74) is 1.38. The Morgan fingerprint density at radius 2 is 2.08 bits per heavy atom. The topological polar surface area (TPSA) is 12.0 Å². The van der Waals surface area contributed by atoms with Gasteiger partial charge >= 0.3 is 0 Å². The third-order valence-corrected chi connectivity index (χ3v) is 3.42. The van der Waals surface area contributed by atoms with E-state index in [-0.39, 0.29) is 0 Å². The molecule has 0 aromatic heterocycles. The molecule has 70 valence electrons. The number of rotatable bonds is 2. The molecule has 1 nitrogen and oxygen atoms in total. The third-order valence-electron chi connectivity index (χ3n) is 2.43. The van der Waals surface area contributed by atoms with Gasteiger partial charge < -0.3 is 5.32 Å². The summed E-state index contributed by atoms with van der Waals surface area (Å²) in [6, 6.07) is 9.04. The summed E-state index contributed by atoms with van der Waals surface area (Å²) in [6.45, 7) is 1.15. The molecule has 0 amide bonds. The van der Waals surface area contributed by atoms with Crippen molar-refractivity contribution in [3.8, 4) is 0 Å². The van der Waals surface area contributed by atoms with Crippen LogP contribution < -0.4 is 5.32 Å². The Hall–Kier alpha value is -0.180. The Bertz CT molecular complexity index is 267. The highest BCUT2D eigenvalue weighted by Crippen LogP contribution is 2.27. The number of benzene rings is 1. The maximum Gasteiger partial charge on any atom is 0.0320 e. The molecule has 1 fully saturated rings. The first-order chi connectivity index (χ1) is 6.40. The highest BCUT2D eigenvalue weighted by Gasteiger charge is 2.15. The average molecular weight is 214 g/mol. The first-order valence-electron chi connectivity index (χ1n) is 4.52. The Morgan fingerprint density at radius 1 is 1.31 bits per heavy atom. The molecule has 1 aromatic carbocycles. The van der Waals surface area contributed by atoms with E-state index in [4.69, 9.17) is 10.7 Å². The Labute approximate surface area is 87.4 Å². The van der Waals surface area contributed by atoms with Crippen molar-refractivity contribution in [2.24, 2.45) is 0 Å². The van der Waals surface area contributed by atoms with Crippen LogP contribution in [0.2, 0.25) is 0 Å². The molecule has 1 atom stereocenters. The molecule has 1 aliphatic rings. The monoisotopic (exact) mass is 213 g/mol. The van der Waals surface area contributed by atoms with Crippen LogP contribution in [0.5, 0.6) is 0 Å². The zero-order chi connectivity index (χ0) is 9.10. The molecular formula is C10H12ClNS. The van der Waals surface area contributed by atoms with Gasteiger partial charge in [-0.3, -0.25) is 0 Å². The van der Waals surface area contributed by atoms with Gasteiger partial charge in [0.05, 0.1) is 0 Å². The van der Waals surface area contributed by atoms with E-state index in [1.165, 1.54) is 29.4 Å². The molecule has 0 aliphatic carbocycles. The fourth-order valence-corrected chi connectivity index (χ4v) is 2.27. The maximum atomic E-state index is 5.64. The van der Waals surface area contributed by atoms with Crippen LogP contribution in [-0.4, -0.2) is 6.54 Å². The molecule has 0 spiro atoms. The van der Waals surface area contributed by atoms with Crippen LogP contribution in [0.3, 0.4) is 0 Å². The van der Waals surface area contributed by atoms with E-state index < -0.39 is 0 Å². The lowest BCUT2D eigenvalue weighted by Gasteiger charge is -2.10. The molecule has 1 N–H and O–H groups in total. The van der Waals surface area contributed by atoms with Crippen molar-refractivity contribution >= 4 is 21.7 Å². The lowest BCUT2D eigenvalue weighted by molar-refractivity contribution is 0.647. The highest BCUT2D eigenvalue weighted by atomic mass is 35.7. The van der Waals surface area contributed by atoms with E-state index in [1.807, 2.05) is 0 Å². The van der Waals surface area contributed by atoms with Gasteiger partial charge in [0, 0.05) is 10.9 Å². The van der Waals surface area contributed by atoms with E-state index >= 15 is 0 Å². The van der Waals surface area contributed by atoms with Crippen LogP contribution in [-0.2, 0) is 0 Å². The quantitative estimate of drug-likeness (QED) is 0.809. The zero-order valence-corrected chi connectivity index (χ0v) is 8.87. The van der Waals surface area contributed by atoms with Gasteiger partial charge in [0.2, 0.25) is 0 Å². The van der Waals surface area contributed by atoms with Gasteiger partial charge in [-0.05, 0) is 58.7 Å². The van der Waals surface area contributed by atoms with Gasteiger partial charge in [0.25, 0.3) is 0 Å². The molecule has 3 heteroatoms. The smallest absolute Gasteiger partial charge is 0.0320 e. The fourth-order valence-electron chi connectivity index (χ4n) is 1.72. The van der Waals surface area contributed by atoms with Crippen molar-refractivity contribution in [2.75, 3.05) is 6.54 Å². The van der Waals surface area contributed by atoms with Crippen LogP contribution in [0.25, 0.3) is 0 Å². The summed E-state index contributed by atoms with van der Waals surface area (Å²) in [7, 11) is 6.91. The molecule has 1 unspecified atom stereocenters. The van der Waals surface area contributed by atoms with Gasteiger partial charge in [-0.2, -0.15) is 0 Å². The number of hydrogen-bond donors (Lipinski definition) is 1. The van der Waals surface area contributed by atoms with E-state index in [0.717, 1.165) is 11.4 Å². The molecule has 13 heavy (non-hydrogen) atoms. The minimum absolute atomic E-state index is 0.564. The van der Waals surface area contributed by atoms with E-state index in [9.17, 15) is 0 Å². The minimum atomic E-state index is 0.564. The lowest BCUT2D eigenvalue weighted by atomic mass is 10.1. The fraction of sp³-hybridized carbons (Fsp3) is 0.400. The van der Waals surface area contributed by atoms with Crippen LogP contribution in [0.1, 0.15) is 24.4 Å². The first kappa shape index (κ1) is 9.38. The third kappa shape index (κ3) is 2.19. The van der Waals surface area contributed by atoms with Crippen LogP contribution in [0, 0.1) is 0 Å². The van der Waals surface area contributed by atoms with E-state index in [2.05, 4.69) is 29.6 Å². The molecule has 1 aliphatic heterocycles. The Balaban J connectivity index is 2.12. The van der Waals surface area contributed by atoms with E-state index in [0.29, 0.717) is 6.04 Å². The van der Waals surface area contributed by atoms with Crippen molar-refractivity contribution < 1.29 is 0 Å². The lowest BCUT2D eigenvalue weighted by Crippen LogP contribution is -2.12. The SMILES string of the molecule is ClSc1ccc(C2CCCN2)cc1. The molecule has 2 rings (SSSR count). The first-order valence-corrected chi connectivity index (χ1v) is 6.16. The second kappa shape index (κ2) is 4.36. The molecule has 1 heterocycles. The average Bonchev–Trinajstić information content (AvgIpc) is 2.71. The normalized spacial score (nSPS) is 22.1. The Morgan fingerprint density at radius 3 is 2.62 bits per heavy atom. The van der Waals surface area contributed by atoms with Gasteiger partial charge in [0.1, 0.15) is 0 Å². The predicted octanol–water partition coefficient (Wildman–Crippen LogP) is 3.36. The van der Waals surface area contributed by atoms with Crippen molar-refractivity contribution in [1.82, 2.24) is 5.32 Å². The molecule has 1 aromatic rings. The van der Waals surface area contributed by atoms with Crippen molar-refractivity contribution in [2.45, 2.75) is 23.8 Å². The van der Waals surface area contributed by atoms with Crippen molar-refractivity contribution in [3.05, 3.63) is 29.8 Å². The second-order valence-electron chi connectivity index (χ2n) is 3.30. The standard InChI is InChI=1S/C10H12ClNS/c11-13-9-5-3-8(4-6-9)10-2-1-7-12-10/h3-6,10,12H,1-2,7H2. The molecule has 0 bridgehead atoms. The van der Waals surface area contributed by atoms with E-state index in [1.54, 1.807) is 0 Å². The summed E-state index contributed by atoms with van der Waals surface area (Å²) in [5.74, 6) is 0. The van der Waals surface area contributed by atoms with Crippen LogP contribution in [0.15, 0.2) is 29.2 Å². The van der Waals surface area contributed by atoms with Gasteiger partial charge in [-0.1, -0.05) is 12.1 Å². The summed E-state index contributed by atoms with van der Waals surface area (Å²) in [6.07, 6.45) is 2.55. The van der Waals surface area contributed by atoms with Crippen molar-refractivity contribution in [1.29, 1.82) is 0 Å². The predicted molar refractivity (Wildman–Crippen MR) is 58.1 cm³/mol. The second-order valence-corrected chi connectivity index (χ2v) is 4.38. The van der Waals surface area contributed by atoms with Crippen LogP contribution >= 0.6 is 21.7 Å². The molecule has 0 saturated carbocycles. The number of halogens is 1. The number of hydrogen-bond acceptors (Lipinski definition) is 2. The molecular weight excluding hydrogens is 202 g/mol. The summed E-state index contributed by atoms with van der Waals surface area (Å²) in [4.78, 5) is 1.11. The van der Waals surface area contributed by atoms with Crippen LogP contribution in [0.4, 0.5) is 0 Å². The van der Waals surface area contributed by atoms with Crippen molar-refractivity contribution in [3.63, 3.8) is 0 Å². The minimum Gasteiger partial charge on any atom is -0.310 e. The van der Waals surface area contributed by atoms with Gasteiger partial charge in [0.15, 0.2) is 0 Å². The zero-order valence-electron chi connectivity index (χ0n) is 7.29. The highest BCUT2D eigenvalue weighted by molar-refractivity contribution is 8.21. The Kier molecular flexibility index (Phi) is 3.14. The van der Waals surface area contributed by atoms with Gasteiger partial charge in [-0.15, -0.1) is 0 Å².